The number of aliphatic hydroxyl groups excluding tert-OH is 1. The van der Waals surface area contributed by atoms with Crippen molar-refractivity contribution in [2.75, 3.05) is 11.9 Å². The van der Waals surface area contributed by atoms with E-state index in [2.05, 4.69) is 15.6 Å². The van der Waals surface area contributed by atoms with Crippen LogP contribution < -0.4 is 10.1 Å². The molecule has 38 heavy (non-hydrogen) atoms. The maximum atomic E-state index is 14.2. The fourth-order valence-electron chi connectivity index (χ4n) is 4.36. The van der Waals surface area contributed by atoms with Gasteiger partial charge in [0, 0.05) is 18.2 Å². The second kappa shape index (κ2) is 10.9. The summed E-state index contributed by atoms with van der Waals surface area (Å²) in [6, 6.07) is 18.2. The Morgan fingerprint density at radius 2 is 1.87 bits per heavy atom. The van der Waals surface area contributed by atoms with E-state index in [0.29, 0.717) is 41.2 Å². The van der Waals surface area contributed by atoms with E-state index in [9.17, 15) is 17.9 Å². The predicted molar refractivity (Wildman–Crippen MR) is 140 cm³/mol. The number of rotatable bonds is 8. The molecule has 1 aromatic heterocycles. The third kappa shape index (κ3) is 5.40. The summed E-state index contributed by atoms with van der Waals surface area (Å²) in [5, 5.41) is 21.2. The van der Waals surface area contributed by atoms with E-state index < -0.39 is 10.0 Å². The lowest BCUT2D eigenvalue weighted by Crippen LogP contribution is -2.33. The lowest BCUT2D eigenvalue weighted by molar-refractivity contribution is 0.271. The Kier molecular flexibility index (Phi) is 7.41. The van der Waals surface area contributed by atoms with E-state index in [1.807, 2.05) is 25.1 Å². The molecule has 0 spiro atoms. The summed E-state index contributed by atoms with van der Waals surface area (Å²) in [6.07, 6.45) is 2.26. The first-order chi connectivity index (χ1) is 18.4. The summed E-state index contributed by atoms with van der Waals surface area (Å²) in [5.41, 5.74) is 2.21. The van der Waals surface area contributed by atoms with Gasteiger partial charge in [-0.15, -0.1) is 5.10 Å². The smallest absolute Gasteiger partial charge is 0.249 e. The Bertz CT molecular complexity index is 1540. The highest BCUT2D eigenvalue weighted by Crippen LogP contribution is 2.41. The first-order valence-corrected chi connectivity index (χ1v) is 13.7. The Morgan fingerprint density at radius 3 is 2.66 bits per heavy atom. The normalized spacial score (nSPS) is 15.4. The third-order valence-corrected chi connectivity index (χ3v) is 8.22. The minimum Gasteiger partial charge on any atom is -0.456 e. The first kappa shape index (κ1) is 25.8. The number of ether oxygens (including phenoxy) is 1. The number of para-hydroxylation sites is 1. The van der Waals surface area contributed by atoms with Crippen molar-refractivity contribution in [3.63, 3.8) is 0 Å². The maximum Gasteiger partial charge on any atom is 0.249 e. The second-order valence-corrected chi connectivity index (χ2v) is 11.0. The van der Waals surface area contributed by atoms with Gasteiger partial charge in [-0.3, -0.25) is 0 Å². The fraction of sp³-hybridized carbons (Fsp3) is 0.259. The molecule has 5 rings (SSSR count). The molecule has 4 aromatic rings. The number of anilines is 1. The van der Waals surface area contributed by atoms with Crippen molar-refractivity contribution in [3.8, 4) is 11.5 Å². The average molecular weight is 538 g/mol. The Hall–Kier alpha value is -3.80. The van der Waals surface area contributed by atoms with Crippen molar-refractivity contribution in [2.24, 2.45) is 0 Å². The standard InChI is InChI=1S/C27H28FN5O4S/c1-2-22(18-34)29-24-10-6-12-26-27(24)38(35,36)33(15-20-8-3-4-11-25(20)37-26)17-23-16-32(31-30-23)14-19-7-5-9-21(28)13-19/h3-13,16,22,29,34H,2,14-15,17-18H2,1H3/t22-/m0/s1. The van der Waals surface area contributed by atoms with Gasteiger partial charge in [-0.25, -0.2) is 17.5 Å². The van der Waals surface area contributed by atoms with E-state index >= 15 is 0 Å². The zero-order chi connectivity index (χ0) is 26.7. The largest absolute Gasteiger partial charge is 0.456 e. The van der Waals surface area contributed by atoms with Gasteiger partial charge in [0.2, 0.25) is 10.0 Å². The monoisotopic (exact) mass is 537 g/mol. The van der Waals surface area contributed by atoms with Crippen LogP contribution in [-0.4, -0.2) is 45.5 Å². The summed E-state index contributed by atoms with van der Waals surface area (Å²) in [6.45, 7) is 2.07. The van der Waals surface area contributed by atoms with Gasteiger partial charge in [-0.2, -0.15) is 4.31 Å². The Labute approximate surface area is 220 Å². The number of aromatic nitrogens is 3. The minimum atomic E-state index is -4.09. The molecule has 11 heteroatoms. The van der Waals surface area contributed by atoms with Crippen molar-refractivity contribution in [3.05, 3.63) is 95.6 Å². The summed E-state index contributed by atoms with van der Waals surface area (Å²) >= 11 is 0. The van der Waals surface area contributed by atoms with Crippen LogP contribution in [0.5, 0.6) is 11.5 Å². The topological polar surface area (TPSA) is 110 Å². The number of aliphatic hydroxyl groups is 1. The van der Waals surface area contributed by atoms with Crippen molar-refractivity contribution in [1.29, 1.82) is 0 Å². The molecule has 198 valence electrons. The van der Waals surface area contributed by atoms with Crippen LogP contribution in [0.15, 0.2) is 77.8 Å². The van der Waals surface area contributed by atoms with E-state index in [1.165, 1.54) is 16.4 Å². The molecule has 0 fully saturated rings. The van der Waals surface area contributed by atoms with E-state index in [4.69, 9.17) is 4.74 Å². The van der Waals surface area contributed by atoms with Gasteiger partial charge in [0.05, 0.1) is 37.3 Å². The molecule has 1 atom stereocenters. The number of benzene rings is 3. The lowest BCUT2D eigenvalue weighted by Gasteiger charge is -2.29. The third-order valence-electron chi connectivity index (χ3n) is 6.35. The molecule has 1 aliphatic heterocycles. The highest BCUT2D eigenvalue weighted by atomic mass is 32.2. The molecule has 0 radical (unpaired) electrons. The Morgan fingerprint density at radius 1 is 1.08 bits per heavy atom. The van der Waals surface area contributed by atoms with Crippen LogP contribution in [0, 0.1) is 5.82 Å². The number of sulfonamides is 1. The number of hydrogen-bond donors (Lipinski definition) is 2. The van der Waals surface area contributed by atoms with Crippen LogP contribution >= 0.6 is 0 Å². The Balaban J connectivity index is 1.52. The predicted octanol–water partition coefficient (Wildman–Crippen LogP) is 4.15. The lowest BCUT2D eigenvalue weighted by atomic mass is 10.2. The van der Waals surface area contributed by atoms with Gasteiger partial charge in [0.1, 0.15) is 22.2 Å². The summed E-state index contributed by atoms with van der Waals surface area (Å²) < 4.78 is 50.9. The summed E-state index contributed by atoms with van der Waals surface area (Å²) in [7, 11) is -4.09. The molecule has 0 aliphatic carbocycles. The van der Waals surface area contributed by atoms with Crippen molar-refractivity contribution < 1.29 is 22.7 Å². The van der Waals surface area contributed by atoms with Crippen LogP contribution in [-0.2, 0) is 29.7 Å². The molecule has 0 saturated heterocycles. The molecule has 0 unspecified atom stereocenters. The van der Waals surface area contributed by atoms with E-state index in [-0.39, 0.29) is 42.2 Å². The van der Waals surface area contributed by atoms with Gasteiger partial charge in [0.15, 0.2) is 0 Å². The van der Waals surface area contributed by atoms with Crippen molar-refractivity contribution in [1.82, 2.24) is 19.3 Å². The zero-order valence-corrected chi connectivity index (χ0v) is 21.6. The summed E-state index contributed by atoms with van der Waals surface area (Å²) in [5.74, 6) is 0.398. The number of hydrogen-bond acceptors (Lipinski definition) is 7. The molecule has 2 heterocycles. The number of fused-ring (bicyclic) bond motifs is 2. The average Bonchev–Trinajstić information content (AvgIpc) is 3.34. The molecule has 0 bridgehead atoms. The van der Waals surface area contributed by atoms with Crippen LogP contribution in [0.1, 0.15) is 30.2 Å². The number of nitrogens with zero attached hydrogens (tertiary/aromatic N) is 4. The highest BCUT2D eigenvalue weighted by Gasteiger charge is 2.35. The molecule has 0 amide bonds. The highest BCUT2D eigenvalue weighted by molar-refractivity contribution is 7.89. The maximum absolute atomic E-state index is 14.2. The molecular weight excluding hydrogens is 509 g/mol. The fourth-order valence-corrected chi connectivity index (χ4v) is 6.00. The van der Waals surface area contributed by atoms with Crippen LogP contribution in [0.3, 0.4) is 0 Å². The molecule has 0 saturated carbocycles. The second-order valence-electron chi connectivity index (χ2n) is 9.09. The van der Waals surface area contributed by atoms with Gasteiger partial charge < -0.3 is 15.2 Å². The molecular formula is C27H28FN5O4S. The quantitative estimate of drug-likeness (QED) is 0.348. The van der Waals surface area contributed by atoms with Gasteiger partial charge >= 0.3 is 0 Å². The van der Waals surface area contributed by atoms with E-state index in [0.717, 1.165) is 0 Å². The first-order valence-electron chi connectivity index (χ1n) is 12.3. The van der Waals surface area contributed by atoms with Crippen molar-refractivity contribution in [2.45, 2.75) is 43.9 Å². The minimum absolute atomic E-state index is 0.00597. The van der Waals surface area contributed by atoms with Crippen LogP contribution in [0.25, 0.3) is 0 Å². The van der Waals surface area contributed by atoms with Gasteiger partial charge in [0.25, 0.3) is 0 Å². The number of halogens is 1. The van der Waals surface area contributed by atoms with Crippen molar-refractivity contribution >= 4 is 15.7 Å². The van der Waals surface area contributed by atoms with Gasteiger partial charge in [-0.05, 0) is 42.3 Å². The molecule has 9 nitrogen and oxygen atoms in total. The molecule has 2 N–H and O–H groups in total. The van der Waals surface area contributed by atoms with E-state index in [1.54, 1.807) is 47.3 Å². The van der Waals surface area contributed by atoms with Crippen LogP contribution in [0.2, 0.25) is 0 Å². The van der Waals surface area contributed by atoms with Crippen LogP contribution in [0.4, 0.5) is 10.1 Å². The number of nitrogens with one attached hydrogen (secondary N) is 1. The zero-order valence-electron chi connectivity index (χ0n) is 20.8. The van der Waals surface area contributed by atoms with Gasteiger partial charge in [-0.1, -0.05) is 48.5 Å². The SMILES string of the molecule is CC[C@@H](CO)Nc1cccc2c1S(=O)(=O)N(Cc1cn(Cc3cccc(F)c3)nn1)Cc1ccccc1O2. The molecule has 3 aromatic carbocycles. The molecule has 1 aliphatic rings. The summed E-state index contributed by atoms with van der Waals surface area (Å²) in [4.78, 5) is -0.00597.